The van der Waals surface area contributed by atoms with Crippen molar-refractivity contribution in [1.82, 2.24) is 4.90 Å². The van der Waals surface area contributed by atoms with Crippen molar-refractivity contribution in [2.45, 2.75) is 19.4 Å². The summed E-state index contributed by atoms with van der Waals surface area (Å²) in [7, 11) is -3.51. The molecule has 0 fully saturated rings. The summed E-state index contributed by atoms with van der Waals surface area (Å²) >= 11 is 5.97. The molecule has 138 valence electrons. The van der Waals surface area contributed by atoms with Crippen molar-refractivity contribution in [1.29, 1.82) is 0 Å². The molecule has 1 amide bonds. The average Bonchev–Trinajstić information content (AvgIpc) is 2.60. The summed E-state index contributed by atoms with van der Waals surface area (Å²) in [5, 5.41) is 0.454. The molecule has 7 heteroatoms. The molecule has 2 aromatic rings. The number of fused-ring (bicyclic) bond motifs is 1. The minimum absolute atomic E-state index is 0.0461. The summed E-state index contributed by atoms with van der Waals surface area (Å²) in [5.74, 6) is -0.0461. The lowest BCUT2D eigenvalue weighted by molar-refractivity contribution is -0.131. The van der Waals surface area contributed by atoms with E-state index in [1.165, 1.54) is 9.87 Å². The molecule has 26 heavy (non-hydrogen) atoms. The number of nitrogens with zero attached hydrogens (tertiary/aromatic N) is 2. The van der Waals surface area contributed by atoms with Gasteiger partial charge in [-0.15, -0.1) is 0 Å². The molecular weight excluding hydrogens is 372 g/mol. The van der Waals surface area contributed by atoms with Gasteiger partial charge in [-0.1, -0.05) is 41.9 Å². The zero-order valence-electron chi connectivity index (χ0n) is 14.6. The fraction of sp³-hybridized carbons (Fsp3) is 0.316. The van der Waals surface area contributed by atoms with E-state index in [4.69, 9.17) is 11.6 Å². The van der Waals surface area contributed by atoms with Crippen LogP contribution in [0.3, 0.4) is 0 Å². The van der Waals surface area contributed by atoms with E-state index in [1.54, 1.807) is 29.2 Å². The number of hydrogen-bond donors (Lipinski definition) is 0. The highest BCUT2D eigenvalue weighted by Gasteiger charge is 2.23. The van der Waals surface area contributed by atoms with E-state index in [9.17, 15) is 13.2 Å². The van der Waals surface area contributed by atoms with Crippen molar-refractivity contribution in [3.05, 3.63) is 64.7 Å². The Morgan fingerprint density at radius 1 is 1.15 bits per heavy atom. The van der Waals surface area contributed by atoms with Crippen molar-refractivity contribution < 1.29 is 13.2 Å². The summed E-state index contributed by atoms with van der Waals surface area (Å²) in [4.78, 5) is 14.4. The molecular formula is C19H21ClN2O3S. The molecule has 0 N–H and O–H groups in total. The van der Waals surface area contributed by atoms with E-state index in [0.29, 0.717) is 23.8 Å². The third-order valence-electron chi connectivity index (χ3n) is 4.51. The van der Waals surface area contributed by atoms with E-state index in [-0.39, 0.29) is 18.9 Å². The standard InChI is InChI=1S/C19H21ClN2O3S/c1-26(24,25)22(18-8-4-7-17(20)13-18)12-10-19(23)21-11-9-15-5-2-3-6-16(15)14-21/h2-8,13H,9-12,14H2,1H3. The first-order valence-electron chi connectivity index (χ1n) is 8.42. The van der Waals surface area contributed by atoms with Gasteiger partial charge in [0.05, 0.1) is 11.9 Å². The molecule has 1 aliphatic heterocycles. The molecule has 0 saturated heterocycles. The summed E-state index contributed by atoms with van der Waals surface area (Å²) in [6, 6.07) is 14.7. The Bertz CT molecular complexity index is 915. The van der Waals surface area contributed by atoms with Gasteiger partial charge in [-0.2, -0.15) is 0 Å². The molecule has 0 saturated carbocycles. The Kier molecular flexibility index (Phi) is 5.53. The first kappa shape index (κ1) is 18.7. The SMILES string of the molecule is CS(=O)(=O)N(CCC(=O)N1CCc2ccccc2C1)c1cccc(Cl)c1. The number of carbonyl (C=O) groups is 1. The van der Waals surface area contributed by atoms with Crippen LogP contribution in [0.4, 0.5) is 5.69 Å². The maximum Gasteiger partial charge on any atom is 0.232 e. The van der Waals surface area contributed by atoms with Gasteiger partial charge in [0.1, 0.15) is 0 Å². The van der Waals surface area contributed by atoms with Crippen LogP contribution in [0.1, 0.15) is 17.5 Å². The van der Waals surface area contributed by atoms with Gasteiger partial charge in [0.2, 0.25) is 15.9 Å². The normalized spacial score (nSPS) is 14.0. The summed E-state index contributed by atoms with van der Waals surface area (Å²) in [6.45, 7) is 1.33. The highest BCUT2D eigenvalue weighted by molar-refractivity contribution is 7.92. The third-order valence-corrected chi connectivity index (χ3v) is 5.94. The van der Waals surface area contributed by atoms with E-state index >= 15 is 0 Å². The van der Waals surface area contributed by atoms with Crippen LogP contribution in [0.5, 0.6) is 0 Å². The highest BCUT2D eigenvalue weighted by Crippen LogP contribution is 2.23. The molecule has 2 aromatic carbocycles. The van der Waals surface area contributed by atoms with Gasteiger partial charge in [-0.25, -0.2) is 8.42 Å². The number of anilines is 1. The second kappa shape index (κ2) is 7.68. The van der Waals surface area contributed by atoms with E-state index < -0.39 is 10.0 Å². The topological polar surface area (TPSA) is 57.7 Å². The van der Waals surface area contributed by atoms with Crippen LogP contribution >= 0.6 is 11.6 Å². The number of amides is 1. The molecule has 0 aromatic heterocycles. The second-order valence-corrected chi connectivity index (χ2v) is 8.74. The molecule has 5 nitrogen and oxygen atoms in total. The molecule has 0 bridgehead atoms. The number of hydrogen-bond acceptors (Lipinski definition) is 3. The molecule has 0 unspecified atom stereocenters. The molecule has 0 spiro atoms. The van der Waals surface area contributed by atoms with E-state index in [0.717, 1.165) is 18.2 Å². The van der Waals surface area contributed by atoms with Gasteiger partial charge in [-0.05, 0) is 35.7 Å². The highest BCUT2D eigenvalue weighted by atomic mass is 35.5. The monoisotopic (exact) mass is 392 g/mol. The summed E-state index contributed by atoms with van der Waals surface area (Å²) in [6.07, 6.45) is 2.09. The minimum Gasteiger partial charge on any atom is -0.338 e. The van der Waals surface area contributed by atoms with Gasteiger partial charge in [0.15, 0.2) is 0 Å². The van der Waals surface area contributed by atoms with Crippen molar-refractivity contribution in [2.75, 3.05) is 23.7 Å². The van der Waals surface area contributed by atoms with Gasteiger partial charge in [-0.3, -0.25) is 9.10 Å². The zero-order valence-corrected chi connectivity index (χ0v) is 16.1. The predicted molar refractivity (Wildman–Crippen MR) is 104 cm³/mol. The van der Waals surface area contributed by atoms with Crippen LogP contribution in [0.2, 0.25) is 5.02 Å². The van der Waals surface area contributed by atoms with E-state index in [1.807, 2.05) is 18.2 Å². The van der Waals surface area contributed by atoms with Crippen LogP contribution in [0.15, 0.2) is 48.5 Å². The maximum atomic E-state index is 12.6. The second-order valence-electron chi connectivity index (χ2n) is 6.40. The molecule has 3 rings (SSSR count). The van der Waals surface area contributed by atoms with Crippen molar-refractivity contribution >= 4 is 33.2 Å². The van der Waals surface area contributed by atoms with Gasteiger partial charge in [0.25, 0.3) is 0 Å². The summed E-state index contributed by atoms with van der Waals surface area (Å²) in [5.41, 5.74) is 2.90. The number of benzene rings is 2. The van der Waals surface area contributed by atoms with Crippen LogP contribution in [-0.2, 0) is 27.8 Å². The molecule has 0 aliphatic carbocycles. The number of carbonyl (C=O) groups excluding carboxylic acids is 1. The van der Waals surface area contributed by atoms with Crippen LogP contribution in [0.25, 0.3) is 0 Å². The first-order valence-corrected chi connectivity index (χ1v) is 10.6. The Morgan fingerprint density at radius 2 is 1.88 bits per heavy atom. The molecule has 0 radical (unpaired) electrons. The van der Waals surface area contributed by atoms with Crippen LogP contribution in [-0.4, -0.2) is 38.6 Å². The molecule has 1 heterocycles. The van der Waals surface area contributed by atoms with Crippen molar-refractivity contribution in [3.8, 4) is 0 Å². The lowest BCUT2D eigenvalue weighted by atomic mass is 10.00. The Labute approximate surface area is 159 Å². The third kappa shape index (κ3) is 4.37. The number of sulfonamides is 1. The first-order chi connectivity index (χ1) is 12.3. The van der Waals surface area contributed by atoms with Gasteiger partial charge in [0, 0.05) is 31.1 Å². The quantitative estimate of drug-likeness (QED) is 0.785. The number of rotatable bonds is 5. The maximum absolute atomic E-state index is 12.6. The predicted octanol–water partition coefficient (Wildman–Crippen LogP) is 3.08. The van der Waals surface area contributed by atoms with Crippen molar-refractivity contribution in [3.63, 3.8) is 0 Å². The largest absolute Gasteiger partial charge is 0.338 e. The lowest BCUT2D eigenvalue weighted by Crippen LogP contribution is -2.39. The Hall–Kier alpha value is -2.05. The number of halogens is 1. The smallest absolute Gasteiger partial charge is 0.232 e. The lowest BCUT2D eigenvalue weighted by Gasteiger charge is -2.30. The minimum atomic E-state index is -3.51. The average molecular weight is 393 g/mol. The van der Waals surface area contributed by atoms with Gasteiger partial charge < -0.3 is 4.90 Å². The Morgan fingerprint density at radius 3 is 2.58 bits per heavy atom. The summed E-state index contributed by atoms with van der Waals surface area (Å²) < 4.78 is 25.5. The van der Waals surface area contributed by atoms with Crippen LogP contribution < -0.4 is 4.31 Å². The fourth-order valence-electron chi connectivity index (χ4n) is 3.18. The van der Waals surface area contributed by atoms with E-state index in [2.05, 4.69) is 6.07 Å². The molecule has 1 aliphatic rings. The van der Waals surface area contributed by atoms with Gasteiger partial charge >= 0.3 is 0 Å². The van der Waals surface area contributed by atoms with Crippen molar-refractivity contribution in [2.24, 2.45) is 0 Å². The Balaban J connectivity index is 1.69. The fourth-order valence-corrected chi connectivity index (χ4v) is 4.29. The van der Waals surface area contributed by atoms with Crippen LogP contribution in [0, 0.1) is 0 Å². The molecule has 0 atom stereocenters. The zero-order chi connectivity index (χ0) is 18.7.